The van der Waals surface area contributed by atoms with Gasteiger partial charge >= 0.3 is 0 Å². The van der Waals surface area contributed by atoms with Crippen LogP contribution in [0.15, 0.2) is 0 Å². The molecule has 0 aliphatic heterocycles. The van der Waals surface area contributed by atoms with Gasteiger partial charge in [0.05, 0.1) is 0 Å². The minimum absolute atomic E-state index is 0.660. The van der Waals surface area contributed by atoms with Crippen LogP contribution in [0.2, 0.25) is 0 Å². The van der Waals surface area contributed by atoms with Crippen LogP contribution in [0.1, 0.15) is 46.0 Å². The molecule has 0 bridgehead atoms. The van der Waals surface area contributed by atoms with Crippen molar-refractivity contribution in [3.63, 3.8) is 0 Å². The van der Waals surface area contributed by atoms with Crippen molar-refractivity contribution in [1.82, 2.24) is 5.32 Å². The zero-order valence-corrected chi connectivity index (χ0v) is 8.90. The Kier molecular flexibility index (Phi) is 1.47. The second-order valence-corrected chi connectivity index (χ2v) is 5.97. The van der Waals surface area contributed by atoms with E-state index < -0.39 is 0 Å². The summed E-state index contributed by atoms with van der Waals surface area (Å²) in [5.41, 5.74) is 1.45. The average molecular weight is 179 g/mol. The Morgan fingerprint density at radius 1 is 1.23 bits per heavy atom. The first-order valence-corrected chi connectivity index (χ1v) is 5.90. The fourth-order valence-electron chi connectivity index (χ4n) is 3.64. The fourth-order valence-corrected chi connectivity index (χ4v) is 3.64. The van der Waals surface area contributed by atoms with Crippen LogP contribution < -0.4 is 5.32 Å². The molecule has 1 heteroatoms. The van der Waals surface area contributed by atoms with Gasteiger partial charge in [-0.25, -0.2) is 0 Å². The minimum atomic E-state index is 0.660. The molecule has 74 valence electrons. The second kappa shape index (κ2) is 2.31. The van der Waals surface area contributed by atoms with E-state index >= 15 is 0 Å². The molecular formula is C12H21N. The normalized spacial score (nSPS) is 38.8. The predicted octanol–water partition coefficient (Wildman–Crippen LogP) is 2.56. The van der Waals surface area contributed by atoms with E-state index in [1.807, 2.05) is 0 Å². The smallest absolute Gasteiger partial charge is 0.00683 e. The third-order valence-corrected chi connectivity index (χ3v) is 5.17. The molecule has 1 atom stereocenters. The van der Waals surface area contributed by atoms with E-state index in [9.17, 15) is 0 Å². The molecule has 0 amide bonds. The van der Waals surface area contributed by atoms with E-state index in [0.29, 0.717) is 5.41 Å². The molecule has 0 saturated heterocycles. The van der Waals surface area contributed by atoms with Crippen LogP contribution in [-0.2, 0) is 0 Å². The predicted molar refractivity (Wildman–Crippen MR) is 54.6 cm³/mol. The van der Waals surface area contributed by atoms with Crippen molar-refractivity contribution in [3.05, 3.63) is 0 Å². The topological polar surface area (TPSA) is 12.0 Å². The zero-order chi connectivity index (χ0) is 9.10. The molecule has 0 aromatic carbocycles. The van der Waals surface area contributed by atoms with Gasteiger partial charge in [0, 0.05) is 6.04 Å². The fraction of sp³-hybridized carbons (Fsp3) is 1.00. The van der Waals surface area contributed by atoms with Gasteiger partial charge in [-0.1, -0.05) is 20.3 Å². The van der Waals surface area contributed by atoms with Crippen LogP contribution in [0.4, 0.5) is 0 Å². The van der Waals surface area contributed by atoms with Gasteiger partial charge in [0.2, 0.25) is 0 Å². The lowest BCUT2D eigenvalue weighted by Gasteiger charge is -2.30. The standard InChI is InChI=1S/C12H21N/c1-11(2)10(8-13-9-4-5-9)12(11)6-3-7-12/h9-10,13H,3-8H2,1-2H3. The monoisotopic (exact) mass is 179 g/mol. The Morgan fingerprint density at radius 2 is 1.92 bits per heavy atom. The summed E-state index contributed by atoms with van der Waals surface area (Å²) in [6.07, 6.45) is 7.37. The Morgan fingerprint density at radius 3 is 2.31 bits per heavy atom. The Balaban J connectivity index is 1.59. The minimum Gasteiger partial charge on any atom is -0.314 e. The first-order valence-electron chi connectivity index (χ1n) is 5.90. The molecule has 3 fully saturated rings. The first-order chi connectivity index (χ1) is 6.17. The molecule has 13 heavy (non-hydrogen) atoms. The highest BCUT2D eigenvalue weighted by Gasteiger charge is 2.71. The van der Waals surface area contributed by atoms with Gasteiger partial charge in [-0.05, 0) is 49.0 Å². The van der Waals surface area contributed by atoms with Gasteiger partial charge in [-0.2, -0.15) is 0 Å². The largest absolute Gasteiger partial charge is 0.314 e. The van der Waals surface area contributed by atoms with Crippen molar-refractivity contribution >= 4 is 0 Å². The zero-order valence-electron chi connectivity index (χ0n) is 8.90. The van der Waals surface area contributed by atoms with Crippen LogP contribution in [0.3, 0.4) is 0 Å². The molecule has 1 nitrogen and oxygen atoms in total. The average Bonchev–Trinajstić information content (AvgIpc) is 2.79. The molecule has 3 saturated carbocycles. The highest BCUT2D eigenvalue weighted by atomic mass is 15.0. The van der Waals surface area contributed by atoms with E-state index in [2.05, 4.69) is 19.2 Å². The summed E-state index contributed by atoms with van der Waals surface area (Å²) in [6.45, 7) is 6.26. The molecule has 1 spiro atoms. The van der Waals surface area contributed by atoms with Crippen LogP contribution in [0.5, 0.6) is 0 Å². The van der Waals surface area contributed by atoms with Gasteiger partial charge < -0.3 is 5.32 Å². The third kappa shape index (κ3) is 0.971. The Bertz CT molecular complexity index is 223. The maximum atomic E-state index is 3.70. The highest BCUT2D eigenvalue weighted by molar-refractivity contribution is 5.21. The lowest BCUT2D eigenvalue weighted by molar-refractivity contribution is 0.212. The van der Waals surface area contributed by atoms with Crippen molar-refractivity contribution < 1.29 is 0 Å². The lowest BCUT2D eigenvalue weighted by Crippen LogP contribution is -2.24. The second-order valence-electron chi connectivity index (χ2n) is 5.97. The summed E-state index contributed by atoms with van der Waals surface area (Å²) < 4.78 is 0. The van der Waals surface area contributed by atoms with E-state index in [1.165, 1.54) is 38.6 Å². The summed E-state index contributed by atoms with van der Waals surface area (Å²) in [5, 5.41) is 3.70. The van der Waals surface area contributed by atoms with E-state index in [1.54, 1.807) is 0 Å². The molecule has 3 aliphatic rings. The molecular weight excluding hydrogens is 158 g/mol. The summed E-state index contributed by atoms with van der Waals surface area (Å²) in [4.78, 5) is 0. The summed E-state index contributed by atoms with van der Waals surface area (Å²) in [7, 11) is 0. The molecule has 3 aliphatic carbocycles. The van der Waals surface area contributed by atoms with Gasteiger partial charge in [-0.15, -0.1) is 0 Å². The third-order valence-electron chi connectivity index (χ3n) is 5.17. The van der Waals surface area contributed by atoms with Crippen molar-refractivity contribution in [2.45, 2.75) is 52.0 Å². The number of rotatable bonds is 3. The molecule has 1 unspecified atom stereocenters. The Hall–Kier alpha value is -0.0400. The van der Waals surface area contributed by atoms with Gasteiger partial charge in [0.25, 0.3) is 0 Å². The van der Waals surface area contributed by atoms with E-state index in [-0.39, 0.29) is 0 Å². The first kappa shape index (κ1) is 8.28. The molecule has 0 radical (unpaired) electrons. The molecule has 0 heterocycles. The van der Waals surface area contributed by atoms with Crippen LogP contribution in [0, 0.1) is 16.7 Å². The van der Waals surface area contributed by atoms with Crippen LogP contribution in [-0.4, -0.2) is 12.6 Å². The molecule has 0 aromatic rings. The quantitative estimate of drug-likeness (QED) is 0.702. The summed E-state index contributed by atoms with van der Waals surface area (Å²) in [5.74, 6) is 0.995. The lowest BCUT2D eigenvalue weighted by atomic mass is 9.75. The Labute approximate surface area is 81.3 Å². The number of hydrogen-bond donors (Lipinski definition) is 1. The van der Waals surface area contributed by atoms with Crippen molar-refractivity contribution in [2.75, 3.05) is 6.54 Å². The van der Waals surface area contributed by atoms with E-state index in [4.69, 9.17) is 0 Å². The van der Waals surface area contributed by atoms with Crippen LogP contribution in [0.25, 0.3) is 0 Å². The number of nitrogens with one attached hydrogen (secondary N) is 1. The maximum Gasteiger partial charge on any atom is 0.00683 e. The van der Waals surface area contributed by atoms with Gasteiger partial charge in [0.1, 0.15) is 0 Å². The van der Waals surface area contributed by atoms with E-state index in [0.717, 1.165) is 17.4 Å². The van der Waals surface area contributed by atoms with Crippen molar-refractivity contribution in [3.8, 4) is 0 Å². The van der Waals surface area contributed by atoms with Crippen LogP contribution >= 0.6 is 0 Å². The van der Waals surface area contributed by atoms with Crippen molar-refractivity contribution in [2.24, 2.45) is 16.7 Å². The SMILES string of the molecule is CC1(C)C(CNC2CC2)C12CCC2. The van der Waals surface area contributed by atoms with Crippen molar-refractivity contribution in [1.29, 1.82) is 0 Å². The number of hydrogen-bond acceptors (Lipinski definition) is 1. The summed E-state index contributed by atoms with van der Waals surface area (Å²) >= 11 is 0. The molecule has 0 aromatic heterocycles. The van der Waals surface area contributed by atoms with Gasteiger partial charge in [0.15, 0.2) is 0 Å². The summed E-state index contributed by atoms with van der Waals surface area (Å²) in [6, 6.07) is 0.897. The molecule has 1 N–H and O–H groups in total. The van der Waals surface area contributed by atoms with Gasteiger partial charge in [-0.3, -0.25) is 0 Å². The maximum absolute atomic E-state index is 3.70. The highest BCUT2D eigenvalue weighted by Crippen LogP contribution is 2.77. The molecule has 3 rings (SSSR count).